The van der Waals surface area contributed by atoms with E-state index in [4.69, 9.17) is 32.7 Å². The van der Waals surface area contributed by atoms with Crippen LogP contribution in [0.4, 0.5) is 0 Å². The lowest BCUT2D eigenvalue weighted by molar-refractivity contribution is 0.174. The quantitative estimate of drug-likeness (QED) is 0.784. The standard InChI is InChI=1S/C14H10BrCl2NO4S/c15-9-4-10(16)14(11(17)5-9)23(19,20)18-6-8-1-2-12-13(3-8)22-7-21-12/h1-5,18H,6-7H2. The van der Waals surface area contributed by atoms with Gasteiger partial charge in [0.15, 0.2) is 11.5 Å². The summed E-state index contributed by atoms with van der Waals surface area (Å²) in [6, 6.07) is 8.15. The minimum absolute atomic E-state index is 0.0440. The Labute approximate surface area is 151 Å². The largest absolute Gasteiger partial charge is 0.454 e. The Morgan fingerprint density at radius 2 is 1.74 bits per heavy atom. The molecule has 0 spiro atoms. The fourth-order valence-corrected chi connectivity index (χ4v) is 5.04. The molecule has 0 saturated carbocycles. The van der Waals surface area contributed by atoms with Crippen molar-refractivity contribution in [2.24, 2.45) is 0 Å². The van der Waals surface area contributed by atoms with Gasteiger partial charge in [-0.15, -0.1) is 0 Å². The van der Waals surface area contributed by atoms with E-state index in [-0.39, 0.29) is 28.3 Å². The Hall–Kier alpha value is -0.990. The van der Waals surface area contributed by atoms with E-state index >= 15 is 0 Å². The first-order valence-electron chi connectivity index (χ1n) is 6.39. The highest BCUT2D eigenvalue weighted by Gasteiger charge is 2.22. The number of halogens is 3. The molecule has 3 rings (SSSR count). The summed E-state index contributed by atoms with van der Waals surface area (Å²) < 4.78 is 38.4. The maximum Gasteiger partial charge on any atom is 0.243 e. The molecular weight excluding hydrogens is 429 g/mol. The van der Waals surface area contributed by atoms with E-state index in [1.807, 2.05) is 0 Å². The van der Waals surface area contributed by atoms with Gasteiger partial charge >= 0.3 is 0 Å². The number of rotatable bonds is 4. The Morgan fingerprint density at radius 1 is 1.09 bits per heavy atom. The predicted molar refractivity (Wildman–Crippen MR) is 90.8 cm³/mol. The van der Waals surface area contributed by atoms with E-state index in [0.29, 0.717) is 16.0 Å². The van der Waals surface area contributed by atoms with E-state index in [1.54, 1.807) is 18.2 Å². The Morgan fingerprint density at radius 3 is 2.43 bits per heavy atom. The molecular formula is C14H10BrCl2NO4S. The zero-order chi connectivity index (χ0) is 16.6. The lowest BCUT2D eigenvalue weighted by Crippen LogP contribution is -2.24. The second-order valence-corrected chi connectivity index (χ2v) is 8.14. The highest BCUT2D eigenvalue weighted by Crippen LogP contribution is 2.34. The van der Waals surface area contributed by atoms with Gasteiger partial charge in [0.1, 0.15) is 4.90 Å². The maximum absolute atomic E-state index is 12.4. The van der Waals surface area contributed by atoms with Crippen LogP contribution in [0.1, 0.15) is 5.56 Å². The van der Waals surface area contributed by atoms with Crippen LogP contribution in [0, 0.1) is 0 Å². The van der Waals surface area contributed by atoms with E-state index in [1.165, 1.54) is 12.1 Å². The number of fused-ring (bicyclic) bond motifs is 1. The number of benzene rings is 2. The first-order valence-corrected chi connectivity index (χ1v) is 9.43. The summed E-state index contributed by atoms with van der Waals surface area (Å²) in [4.78, 5) is -0.148. The van der Waals surface area contributed by atoms with E-state index < -0.39 is 10.0 Å². The molecule has 5 nitrogen and oxygen atoms in total. The smallest absolute Gasteiger partial charge is 0.243 e. The molecule has 1 aliphatic heterocycles. The van der Waals surface area contributed by atoms with E-state index in [9.17, 15) is 8.42 Å². The van der Waals surface area contributed by atoms with Crippen molar-refractivity contribution in [3.05, 3.63) is 50.4 Å². The normalized spacial score (nSPS) is 13.3. The number of sulfonamides is 1. The summed E-state index contributed by atoms with van der Waals surface area (Å²) in [5, 5.41) is 0.0881. The van der Waals surface area contributed by atoms with Gasteiger partial charge in [-0.1, -0.05) is 45.2 Å². The molecule has 1 N–H and O–H groups in total. The van der Waals surface area contributed by atoms with Gasteiger partial charge in [0.05, 0.1) is 10.0 Å². The van der Waals surface area contributed by atoms with E-state index in [2.05, 4.69) is 20.7 Å². The molecule has 0 amide bonds. The minimum atomic E-state index is -3.86. The molecule has 23 heavy (non-hydrogen) atoms. The SMILES string of the molecule is O=S(=O)(NCc1ccc2c(c1)OCO2)c1c(Cl)cc(Br)cc1Cl. The van der Waals surface area contributed by atoms with E-state index in [0.717, 1.165) is 5.56 Å². The van der Waals surface area contributed by atoms with Crippen LogP contribution in [0.25, 0.3) is 0 Å². The number of hydrogen-bond donors (Lipinski definition) is 1. The van der Waals surface area contributed by atoms with Crippen molar-refractivity contribution in [3.63, 3.8) is 0 Å². The third-order valence-electron chi connectivity index (χ3n) is 3.14. The fourth-order valence-electron chi connectivity index (χ4n) is 2.09. The van der Waals surface area contributed by atoms with Crippen molar-refractivity contribution in [1.29, 1.82) is 0 Å². The summed E-state index contributed by atoms with van der Waals surface area (Å²) >= 11 is 15.2. The Kier molecular flexibility index (Phi) is 4.75. The van der Waals surface area contributed by atoms with Crippen LogP contribution in [-0.2, 0) is 16.6 Å². The van der Waals surface area contributed by atoms with Crippen LogP contribution in [0.15, 0.2) is 39.7 Å². The molecule has 1 heterocycles. The van der Waals surface area contributed by atoms with Gasteiger partial charge in [0.2, 0.25) is 16.8 Å². The van der Waals surface area contributed by atoms with Crippen molar-refractivity contribution in [2.75, 3.05) is 6.79 Å². The lowest BCUT2D eigenvalue weighted by atomic mass is 10.2. The summed E-state index contributed by atoms with van der Waals surface area (Å²) in [5.74, 6) is 1.22. The highest BCUT2D eigenvalue weighted by atomic mass is 79.9. The summed E-state index contributed by atoms with van der Waals surface area (Å²) in [6.45, 7) is 0.232. The average Bonchev–Trinajstić information content (AvgIpc) is 2.91. The van der Waals surface area contributed by atoms with Crippen LogP contribution >= 0.6 is 39.1 Å². The molecule has 0 aromatic heterocycles. The topological polar surface area (TPSA) is 64.6 Å². The molecule has 122 valence electrons. The van der Waals surface area contributed by atoms with Gasteiger partial charge in [-0.2, -0.15) is 0 Å². The van der Waals surface area contributed by atoms with Crippen molar-refractivity contribution in [2.45, 2.75) is 11.4 Å². The molecule has 0 aliphatic carbocycles. The predicted octanol–water partition coefficient (Wildman–Crippen LogP) is 3.96. The van der Waals surface area contributed by atoms with Crippen LogP contribution in [0.5, 0.6) is 11.5 Å². The first-order chi connectivity index (χ1) is 10.9. The van der Waals surface area contributed by atoms with Gasteiger partial charge in [-0.05, 0) is 29.8 Å². The zero-order valence-corrected chi connectivity index (χ0v) is 15.4. The first kappa shape index (κ1) is 16.9. The summed E-state index contributed by atoms with van der Waals surface area (Å²) in [5.41, 5.74) is 0.724. The molecule has 0 bridgehead atoms. The van der Waals surface area contributed by atoms with Gasteiger partial charge in [0, 0.05) is 11.0 Å². The second kappa shape index (κ2) is 6.49. The van der Waals surface area contributed by atoms with Crippen LogP contribution in [-0.4, -0.2) is 15.2 Å². The monoisotopic (exact) mass is 437 g/mol. The van der Waals surface area contributed by atoms with Crippen molar-refractivity contribution in [1.82, 2.24) is 4.72 Å². The lowest BCUT2D eigenvalue weighted by Gasteiger charge is -2.11. The third-order valence-corrected chi connectivity index (χ3v) is 5.91. The second-order valence-electron chi connectivity index (χ2n) is 4.71. The molecule has 2 aromatic carbocycles. The molecule has 0 saturated heterocycles. The highest BCUT2D eigenvalue weighted by molar-refractivity contribution is 9.10. The van der Waals surface area contributed by atoms with Crippen LogP contribution < -0.4 is 14.2 Å². The molecule has 2 aromatic rings. The third kappa shape index (κ3) is 3.59. The average molecular weight is 439 g/mol. The number of nitrogens with one attached hydrogen (secondary N) is 1. The van der Waals surface area contributed by atoms with Gasteiger partial charge in [-0.25, -0.2) is 13.1 Å². The number of hydrogen-bond acceptors (Lipinski definition) is 4. The summed E-state index contributed by atoms with van der Waals surface area (Å²) in [7, 11) is -3.86. The fraction of sp³-hybridized carbons (Fsp3) is 0.143. The number of ether oxygens (including phenoxy) is 2. The van der Waals surface area contributed by atoms with Gasteiger partial charge in [-0.3, -0.25) is 0 Å². The Balaban J connectivity index is 1.82. The molecule has 0 radical (unpaired) electrons. The molecule has 1 aliphatic rings. The Bertz CT molecular complexity index is 850. The molecule has 9 heteroatoms. The molecule has 0 atom stereocenters. The maximum atomic E-state index is 12.4. The molecule has 0 unspecified atom stereocenters. The van der Waals surface area contributed by atoms with Gasteiger partial charge in [0.25, 0.3) is 0 Å². The minimum Gasteiger partial charge on any atom is -0.454 e. The van der Waals surface area contributed by atoms with Crippen molar-refractivity contribution >= 4 is 49.2 Å². The van der Waals surface area contributed by atoms with Crippen molar-refractivity contribution in [3.8, 4) is 11.5 Å². The summed E-state index contributed by atoms with van der Waals surface area (Å²) in [6.07, 6.45) is 0. The van der Waals surface area contributed by atoms with Crippen LogP contribution in [0.2, 0.25) is 10.0 Å². The molecule has 0 fully saturated rings. The van der Waals surface area contributed by atoms with Gasteiger partial charge < -0.3 is 9.47 Å². The zero-order valence-electron chi connectivity index (χ0n) is 11.5. The van der Waals surface area contributed by atoms with Crippen molar-refractivity contribution < 1.29 is 17.9 Å². The van der Waals surface area contributed by atoms with Crippen LogP contribution in [0.3, 0.4) is 0 Å².